The average Bonchev–Trinajstić information content (AvgIpc) is 2.38. The van der Waals surface area contributed by atoms with Crippen LogP contribution in [0.4, 0.5) is 16.2 Å². The second-order valence-corrected chi connectivity index (χ2v) is 4.50. The van der Waals surface area contributed by atoms with Gasteiger partial charge in [0, 0.05) is 5.02 Å². The van der Waals surface area contributed by atoms with Crippen LogP contribution in [-0.2, 0) is 9.53 Å². The molecule has 5 nitrogen and oxygen atoms in total. The summed E-state index contributed by atoms with van der Waals surface area (Å²) in [5, 5.41) is 3.19. The number of amides is 2. The van der Waals surface area contributed by atoms with Gasteiger partial charge in [-0.3, -0.25) is 9.69 Å². The molecule has 19 heavy (non-hydrogen) atoms. The number of halogens is 1. The fourth-order valence-electron chi connectivity index (χ4n) is 1.83. The maximum Gasteiger partial charge on any atom is 0.415 e. The van der Waals surface area contributed by atoms with E-state index in [9.17, 15) is 9.59 Å². The van der Waals surface area contributed by atoms with Gasteiger partial charge in [0.2, 0.25) is 5.91 Å². The molecule has 1 aliphatic heterocycles. The minimum atomic E-state index is -0.664. The molecule has 0 spiro atoms. The molecule has 1 aliphatic rings. The number of carbonyl (C=O) groups is 2. The van der Waals surface area contributed by atoms with Crippen LogP contribution in [-0.4, -0.2) is 24.6 Å². The average molecular weight is 281 g/mol. The van der Waals surface area contributed by atoms with Crippen LogP contribution in [0.5, 0.6) is 0 Å². The lowest BCUT2D eigenvalue weighted by molar-refractivity contribution is -0.117. The maximum absolute atomic E-state index is 12.0. The van der Waals surface area contributed by atoms with E-state index in [1.165, 1.54) is 11.0 Å². The third-order valence-electron chi connectivity index (χ3n) is 2.77. The first-order valence-corrected chi connectivity index (χ1v) is 6.09. The highest BCUT2D eigenvalue weighted by atomic mass is 35.5. The number of benzene rings is 1. The number of carbonyl (C=O) groups excluding carboxylic acids is 2. The maximum atomic E-state index is 12.0. The van der Waals surface area contributed by atoms with Gasteiger partial charge >= 0.3 is 6.09 Å². The van der Waals surface area contributed by atoms with Gasteiger partial charge in [-0.05, 0) is 25.1 Å². The SMILES string of the molecule is C=CCOC(=O)N1c2cc(Cl)ccc2NC(=O)[C@@H]1C. The highest BCUT2D eigenvalue weighted by Crippen LogP contribution is 2.34. The Kier molecular flexibility index (Phi) is 3.76. The molecule has 2 amide bonds. The van der Waals surface area contributed by atoms with Gasteiger partial charge in [0.15, 0.2) is 0 Å². The van der Waals surface area contributed by atoms with Crippen molar-refractivity contribution in [2.75, 3.05) is 16.8 Å². The van der Waals surface area contributed by atoms with Gasteiger partial charge in [-0.1, -0.05) is 24.3 Å². The zero-order chi connectivity index (χ0) is 14.0. The van der Waals surface area contributed by atoms with Crippen molar-refractivity contribution >= 4 is 35.0 Å². The highest BCUT2D eigenvalue weighted by Gasteiger charge is 2.34. The minimum absolute atomic E-state index is 0.0829. The normalized spacial score (nSPS) is 17.5. The van der Waals surface area contributed by atoms with Crippen LogP contribution < -0.4 is 10.2 Å². The standard InChI is InChI=1S/C13H13ClN2O3/c1-3-6-19-13(18)16-8(2)12(17)15-10-5-4-9(14)7-11(10)16/h3-5,7-8H,1,6H2,2H3,(H,15,17)/t8-/m0/s1. The van der Waals surface area contributed by atoms with Crippen LogP contribution in [0.15, 0.2) is 30.9 Å². The fourth-order valence-corrected chi connectivity index (χ4v) is 2.00. The molecule has 1 aromatic rings. The van der Waals surface area contributed by atoms with Crippen molar-refractivity contribution in [2.45, 2.75) is 13.0 Å². The second-order valence-electron chi connectivity index (χ2n) is 4.06. The molecule has 1 aromatic carbocycles. The number of rotatable bonds is 2. The summed E-state index contributed by atoms with van der Waals surface area (Å²) in [5.41, 5.74) is 1.05. The molecular formula is C13H13ClN2O3. The third-order valence-corrected chi connectivity index (χ3v) is 3.00. The molecule has 100 valence electrons. The Balaban J connectivity index is 2.40. The number of anilines is 2. The van der Waals surface area contributed by atoms with Crippen LogP contribution in [0.3, 0.4) is 0 Å². The Bertz CT molecular complexity index is 545. The minimum Gasteiger partial charge on any atom is -0.445 e. The summed E-state index contributed by atoms with van der Waals surface area (Å²) in [6.45, 7) is 5.18. The summed E-state index contributed by atoms with van der Waals surface area (Å²) in [6, 6.07) is 4.24. The molecule has 1 atom stereocenters. The summed E-state index contributed by atoms with van der Waals surface area (Å²) >= 11 is 5.93. The van der Waals surface area contributed by atoms with Gasteiger partial charge in [-0.2, -0.15) is 0 Å². The molecular weight excluding hydrogens is 268 g/mol. The first kappa shape index (κ1) is 13.4. The van der Waals surface area contributed by atoms with Gasteiger partial charge in [-0.25, -0.2) is 4.79 Å². The third kappa shape index (κ3) is 2.56. The van der Waals surface area contributed by atoms with E-state index in [0.29, 0.717) is 16.4 Å². The van der Waals surface area contributed by atoms with Crippen LogP contribution in [0.25, 0.3) is 0 Å². The Labute approximate surface area is 115 Å². The zero-order valence-electron chi connectivity index (χ0n) is 10.4. The van der Waals surface area contributed by atoms with Gasteiger partial charge in [0.25, 0.3) is 0 Å². The summed E-state index contributed by atoms with van der Waals surface area (Å²) < 4.78 is 4.99. The molecule has 6 heteroatoms. The molecule has 2 rings (SSSR count). The number of hydrogen-bond acceptors (Lipinski definition) is 3. The number of ether oxygens (including phenoxy) is 1. The van der Waals surface area contributed by atoms with Crippen LogP contribution in [0.2, 0.25) is 5.02 Å². The smallest absolute Gasteiger partial charge is 0.415 e. The summed E-state index contributed by atoms with van der Waals surface area (Å²) in [6.07, 6.45) is 0.858. The van der Waals surface area contributed by atoms with E-state index in [2.05, 4.69) is 11.9 Å². The molecule has 0 aromatic heterocycles. The lowest BCUT2D eigenvalue weighted by Gasteiger charge is -2.33. The molecule has 0 saturated carbocycles. The first-order chi connectivity index (χ1) is 9.04. The Morgan fingerprint density at radius 2 is 2.37 bits per heavy atom. The van der Waals surface area contributed by atoms with Crippen LogP contribution in [0.1, 0.15) is 6.92 Å². The molecule has 0 bridgehead atoms. The Morgan fingerprint density at radius 3 is 3.05 bits per heavy atom. The van der Waals surface area contributed by atoms with Crippen molar-refractivity contribution in [1.82, 2.24) is 0 Å². The number of nitrogens with one attached hydrogen (secondary N) is 1. The summed E-state index contributed by atoms with van der Waals surface area (Å²) in [4.78, 5) is 25.1. The predicted octanol–water partition coefficient (Wildman–Crippen LogP) is 2.81. The topological polar surface area (TPSA) is 58.6 Å². The van der Waals surface area contributed by atoms with Crippen molar-refractivity contribution in [3.8, 4) is 0 Å². The van der Waals surface area contributed by atoms with Crippen molar-refractivity contribution in [3.05, 3.63) is 35.9 Å². The van der Waals surface area contributed by atoms with Gasteiger partial charge in [0.05, 0.1) is 11.4 Å². The second kappa shape index (κ2) is 5.32. The van der Waals surface area contributed by atoms with E-state index in [4.69, 9.17) is 16.3 Å². The molecule has 1 N–H and O–H groups in total. The van der Waals surface area contributed by atoms with Crippen molar-refractivity contribution in [1.29, 1.82) is 0 Å². The van der Waals surface area contributed by atoms with Crippen molar-refractivity contribution in [2.24, 2.45) is 0 Å². The number of fused-ring (bicyclic) bond motifs is 1. The van der Waals surface area contributed by atoms with E-state index in [1.54, 1.807) is 25.1 Å². The van der Waals surface area contributed by atoms with Crippen molar-refractivity contribution in [3.63, 3.8) is 0 Å². The largest absolute Gasteiger partial charge is 0.445 e. The summed E-state index contributed by atoms with van der Waals surface area (Å²) in [5.74, 6) is -0.273. The molecule has 1 heterocycles. The monoisotopic (exact) mass is 280 g/mol. The van der Waals surface area contributed by atoms with Gasteiger partial charge in [0.1, 0.15) is 12.6 Å². The van der Waals surface area contributed by atoms with E-state index < -0.39 is 12.1 Å². The lowest BCUT2D eigenvalue weighted by Crippen LogP contribution is -2.49. The molecule has 0 fully saturated rings. The zero-order valence-corrected chi connectivity index (χ0v) is 11.1. The fraction of sp³-hybridized carbons (Fsp3) is 0.231. The van der Waals surface area contributed by atoms with Gasteiger partial charge < -0.3 is 10.1 Å². The van der Waals surface area contributed by atoms with Crippen LogP contribution >= 0.6 is 11.6 Å². The van der Waals surface area contributed by atoms with Gasteiger partial charge in [-0.15, -0.1) is 0 Å². The quantitative estimate of drug-likeness (QED) is 0.848. The molecule has 0 radical (unpaired) electrons. The highest BCUT2D eigenvalue weighted by molar-refractivity contribution is 6.31. The van der Waals surface area contributed by atoms with E-state index in [0.717, 1.165) is 0 Å². The Hall–Kier alpha value is -2.01. The summed E-state index contributed by atoms with van der Waals surface area (Å²) in [7, 11) is 0. The number of hydrogen-bond donors (Lipinski definition) is 1. The lowest BCUT2D eigenvalue weighted by atomic mass is 10.1. The van der Waals surface area contributed by atoms with Crippen molar-refractivity contribution < 1.29 is 14.3 Å². The molecule has 0 unspecified atom stereocenters. The van der Waals surface area contributed by atoms with E-state index >= 15 is 0 Å². The number of nitrogens with zero attached hydrogens (tertiary/aromatic N) is 1. The van der Waals surface area contributed by atoms with E-state index in [-0.39, 0.29) is 12.5 Å². The predicted molar refractivity (Wildman–Crippen MR) is 73.6 cm³/mol. The Morgan fingerprint density at radius 1 is 1.63 bits per heavy atom. The van der Waals surface area contributed by atoms with Crippen LogP contribution in [0, 0.1) is 0 Å². The van der Waals surface area contributed by atoms with E-state index in [1.807, 2.05) is 0 Å². The first-order valence-electron chi connectivity index (χ1n) is 5.72. The molecule has 0 aliphatic carbocycles. The molecule has 0 saturated heterocycles.